The minimum absolute atomic E-state index is 0.315. The van der Waals surface area contributed by atoms with Gasteiger partial charge in [-0.2, -0.15) is 0 Å². The molecule has 0 aliphatic carbocycles. The Kier molecular flexibility index (Phi) is 8.94. The molecule has 0 aromatic heterocycles. The molecule has 0 saturated heterocycles. The number of hydrogen-bond acceptors (Lipinski definition) is 6. The Labute approximate surface area is 169 Å². The van der Waals surface area contributed by atoms with Gasteiger partial charge >= 0.3 is 23.9 Å². The second kappa shape index (κ2) is 11.1. The monoisotopic (exact) mass is 424 g/mol. The Hall–Kier alpha value is -3.96. The van der Waals surface area contributed by atoms with E-state index in [2.05, 4.69) is 0 Å². The number of nitrogens with zero attached hydrogens (tertiary/aromatic N) is 2. The summed E-state index contributed by atoms with van der Waals surface area (Å²) in [7, 11) is 0. The average Bonchev–Trinajstić information content (AvgIpc) is 2.63. The summed E-state index contributed by atoms with van der Waals surface area (Å²) < 4.78 is 0. The van der Waals surface area contributed by atoms with E-state index in [-0.39, 0.29) is 6.42 Å². The lowest BCUT2D eigenvalue weighted by Crippen LogP contribution is -2.50. The van der Waals surface area contributed by atoms with Gasteiger partial charge in [0.2, 0.25) is 11.8 Å². The first-order valence-corrected chi connectivity index (χ1v) is 8.50. The fourth-order valence-electron chi connectivity index (χ4n) is 2.65. The van der Waals surface area contributed by atoms with Crippen molar-refractivity contribution in [3.05, 3.63) is 35.9 Å². The van der Waals surface area contributed by atoms with Crippen molar-refractivity contribution in [2.75, 3.05) is 26.2 Å². The van der Waals surface area contributed by atoms with Gasteiger partial charge in [0.25, 0.3) is 0 Å². The highest BCUT2D eigenvalue weighted by atomic mass is 16.4. The highest BCUT2D eigenvalue weighted by Crippen LogP contribution is 2.16. The van der Waals surface area contributed by atoms with Crippen LogP contribution in [0.1, 0.15) is 5.56 Å². The Morgan fingerprint density at radius 1 is 0.633 bits per heavy atom. The second-order valence-electron chi connectivity index (χ2n) is 6.21. The fourth-order valence-corrected chi connectivity index (χ4v) is 2.65. The van der Waals surface area contributed by atoms with Crippen LogP contribution in [0, 0.1) is 5.92 Å². The largest absolute Gasteiger partial charge is 0.480 e. The van der Waals surface area contributed by atoms with Crippen LogP contribution in [0.15, 0.2) is 30.3 Å². The van der Waals surface area contributed by atoms with Crippen LogP contribution < -0.4 is 0 Å². The number of carboxylic acids is 4. The normalized spacial score (nSPS) is 10.3. The van der Waals surface area contributed by atoms with E-state index in [9.17, 15) is 28.8 Å². The third-order valence-electron chi connectivity index (χ3n) is 3.81. The first-order chi connectivity index (χ1) is 14.0. The van der Waals surface area contributed by atoms with Gasteiger partial charge in [0.1, 0.15) is 32.1 Å². The van der Waals surface area contributed by atoms with Gasteiger partial charge in [-0.15, -0.1) is 0 Å². The Morgan fingerprint density at radius 2 is 0.967 bits per heavy atom. The van der Waals surface area contributed by atoms with Crippen molar-refractivity contribution in [2.24, 2.45) is 5.92 Å². The summed E-state index contributed by atoms with van der Waals surface area (Å²) in [5.41, 5.74) is 0.445. The molecular formula is C18H20N2O10. The van der Waals surface area contributed by atoms with E-state index in [0.717, 1.165) is 0 Å². The predicted molar refractivity (Wildman–Crippen MR) is 97.3 cm³/mol. The molecule has 1 aromatic rings. The third kappa shape index (κ3) is 7.96. The van der Waals surface area contributed by atoms with E-state index in [0.29, 0.717) is 15.4 Å². The van der Waals surface area contributed by atoms with Gasteiger partial charge in [0.05, 0.1) is 0 Å². The summed E-state index contributed by atoms with van der Waals surface area (Å²) in [5, 5.41) is 35.9. The zero-order chi connectivity index (χ0) is 22.8. The summed E-state index contributed by atoms with van der Waals surface area (Å²) in [6.45, 7) is -4.05. The van der Waals surface area contributed by atoms with Crippen LogP contribution in [0.2, 0.25) is 0 Å². The molecular weight excluding hydrogens is 404 g/mol. The maximum absolute atomic E-state index is 12.9. The summed E-state index contributed by atoms with van der Waals surface area (Å²) in [5.74, 6) is -10.2. The van der Waals surface area contributed by atoms with Crippen molar-refractivity contribution in [3.8, 4) is 0 Å². The van der Waals surface area contributed by atoms with Crippen molar-refractivity contribution in [2.45, 2.75) is 6.42 Å². The Balaban J connectivity index is 3.33. The molecule has 0 fully saturated rings. The molecule has 0 spiro atoms. The third-order valence-corrected chi connectivity index (χ3v) is 3.81. The van der Waals surface area contributed by atoms with Crippen LogP contribution in [-0.2, 0) is 35.2 Å². The molecule has 30 heavy (non-hydrogen) atoms. The average molecular weight is 424 g/mol. The number of amides is 2. The molecule has 12 nitrogen and oxygen atoms in total. The molecule has 0 heterocycles. The minimum atomic E-state index is -1.72. The highest BCUT2D eigenvalue weighted by Gasteiger charge is 2.36. The van der Waals surface area contributed by atoms with E-state index in [4.69, 9.17) is 20.4 Å². The topological polar surface area (TPSA) is 190 Å². The standard InChI is InChI=1S/C18H20N2O10/c21-13(22)7-19(8-14(23)24)17(29)12(6-11-4-2-1-3-5-11)18(30)20(9-15(25)26)10-16(27)28/h1-5,12H,6-10H2,(H,21,22)(H,23,24)(H,25,26)(H,27,28). The van der Waals surface area contributed by atoms with Crippen molar-refractivity contribution in [1.29, 1.82) is 0 Å². The molecule has 12 heteroatoms. The van der Waals surface area contributed by atoms with Crippen molar-refractivity contribution < 1.29 is 49.2 Å². The van der Waals surface area contributed by atoms with E-state index in [1.165, 1.54) is 0 Å². The van der Waals surface area contributed by atoms with Crippen LogP contribution >= 0.6 is 0 Å². The number of hydrogen-bond donors (Lipinski definition) is 4. The molecule has 1 rings (SSSR count). The quantitative estimate of drug-likeness (QED) is 0.298. The van der Waals surface area contributed by atoms with Gasteiger partial charge in [-0.3, -0.25) is 28.8 Å². The summed E-state index contributed by atoms with van der Waals surface area (Å²) in [4.78, 5) is 70.8. The lowest BCUT2D eigenvalue weighted by Gasteiger charge is -2.28. The molecule has 0 bridgehead atoms. The zero-order valence-electron chi connectivity index (χ0n) is 15.6. The van der Waals surface area contributed by atoms with Crippen LogP contribution in [0.5, 0.6) is 0 Å². The molecule has 0 atom stereocenters. The number of carbonyl (C=O) groups is 6. The van der Waals surface area contributed by atoms with E-state index in [1.807, 2.05) is 0 Å². The Bertz CT molecular complexity index is 744. The lowest BCUT2D eigenvalue weighted by molar-refractivity contribution is -0.158. The van der Waals surface area contributed by atoms with Gasteiger partial charge < -0.3 is 30.2 Å². The maximum Gasteiger partial charge on any atom is 0.323 e. The zero-order valence-corrected chi connectivity index (χ0v) is 15.6. The predicted octanol–water partition coefficient (Wildman–Crippen LogP) is -1.16. The fraction of sp³-hybridized carbons (Fsp3) is 0.333. The summed E-state index contributed by atoms with van der Waals surface area (Å²) in [6.07, 6.45) is -0.315. The molecule has 162 valence electrons. The van der Waals surface area contributed by atoms with E-state index < -0.39 is 67.8 Å². The number of rotatable bonds is 12. The summed E-state index contributed by atoms with van der Waals surface area (Å²) >= 11 is 0. The number of carbonyl (C=O) groups excluding carboxylic acids is 2. The van der Waals surface area contributed by atoms with E-state index >= 15 is 0 Å². The van der Waals surface area contributed by atoms with Crippen LogP contribution in [-0.4, -0.2) is 92.1 Å². The first-order valence-electron chi connectivity index (χ1n) is 8.50. The van der Waals surface area contributed by atoms with Gasteiger partial charge in [0.15, 0.2) is 0 Å². The van der Waals surface area contributed by atoms with Gasteiger partial charge in [-0.05, 0) is 12.0 Å². The Morgan fingerprint density at radius 3 is 1.27 bits per heavy atom. The van der Waals surface area contributed by atoms with Crippen LogP contribution in [0.4, 0.5) is 0 Å². The highest BCUT2D eigenvalue weighted by molar-refractivity contribution is 6.03. The SMILES string of the molecule is O=C(O)CN(CC(=O)O)C(=O)C(Cc1ccccc1)C(=O)N(CC(=O)O)CC(=O)O. The number of aliphatic carboxylic acids is 4. The van der Waals surface area contributed by atoms with E-state index in [1.54, 1.807) is 30.3 Å². The number of carboxylic acid groups (broad SMARTS) is 4. The molecule has 0 aliphatic heterocycles. The van der Waals surface area contributed by atoms with Crippen molar-refractivity contribution in [1.82, 2.24) is 9.80 Å². The van der Waals surface area contributed by atoms with Gasteiger partial charge in [0, 0.05) is 0 Å². The molecule has 0 radical (unpaired) electrons. The molecule has 1 aromatic carbocycles. The summed E-state index contributed by atoms with van der Waals surface area (Å²) in [6, 6.07) is 7.94. The molecule has 0 saturated carbocycles. The van der Waals surface area contributed by atoms with Crippen LogP contribution in [0.3, 0.4) is 0 Å². The first kappa shape index (κ1) is 24.1. The number of benzene rings is 1. The smallest absolute Gasteiger partial charge is 0.323 e. The second-order valence-corrected chi connectivity index (χ2v) is 6.21. The molecule has 4 N–H and O–H groups in total. The molecule has 0 aliphatic rings. The molecule has 0 unspecified atom stereocenters. The molecule has 2 amide bonds. The van der Waals surface area contributed by atoms with Crippen molar-refractivity contribution in [3.63, 3.8) is 0 Å². The van der Waals surface area contributed by atoms with Gasteiger partial charge in [-0.1, -0.05) is 30.3 Å². The van der Waals surface area contributed by atoms with Crippen molar-refractivity contribution >= 4 is 35.7 Å². The minimum Gasteiger partial charge on any atom is -0.480 e. The maximum atomic E-state index is 12.9. The van der Waals surface area contributed by atoms with Gasteiger partial charge in [-0.25, -0.2) is 0 Å². The lowest BCUT2D eigenvalue weighted by atomic mass is 9.96. The van der Waals surface area contributed by atoms with Crippen LogP contribution in [0.25, 0.3) is 0 Å².